The molecule has 1 aliphatic heterocycles. The molecule has 2 N–H and O–H groups in total. The number of anilines is 1. The topological polar surface area (TPSA) is 68.8 Å². The third-order valence-electron chi connectivity index (χ3n) is 4.38. The summed E-state index contributed by atoms with van der Waals surface area (Å²) in [7, 11) is 1.58. The molecule has 1 aromatic rings. The van der Waals surface area contributed by atoms with Crippen LogP contribution in [-0.2, 0) is 4.74 Å². The Balaban J connectivity index is 1.91. The van der Waals surface area contributed by atoms with Crippen LogP contribution in [0.2, 0.25) is 0 Å². The molecule has 2 atom stereocenters. The number of rotatable bonds is 6. The van der Waals surface area contributed by atoms with E-state index in [0.29, 0.717) is 29.6 Å². The first kappa shape index (κ1) is 20.4. The first-order valence-electron chi connectivity index (χ1n) is 9.22. The lowest BCUT2D eigenvalue weighted by Gasteiger charge is -2.31. The molecule has 0 unspecified atom stereocenters. The molecule has 0 aromatic heterocycles. The molecule has 2 rings (SSSR count). The molecule has 0 saturated carbocycles. The van der Waals surface area contributed by atoms with E-state index < -0.39 is 0 Å². The van der Waals surface area contributed by atoms with E-state index in [2.05, 4.69) is 31.4 Å². The van der Waals surface area contributed by atoms with Gasteiger partial charge in [-0.3, -0.25) is 0 Å². The predicted molar refractivity (Wildman–Crippen MR) is 103 cm³/mol. The Labute approximate surface area is 156 Å². The fourth-order valence-electron chi connectivity index (χ4n) is 3.30. The van der Waals surface area contributed by atoms with Gasteiger partial charge in [-0.25, -0.2) is 4.79 Å². The van der Waals surface area contributed by atoms with E-state index >= 15 is 0 Å². The highest BCUT2D eigenvalue weighted by Gasteiger charge is 2.37. The number of hydrogen-bond acceptors (Lipinski definition) is 4. The number of carbonyl (C=O) groups excluding carboxylic acids is 1. The van der Waals surface area contributed by atoms with Crippen molar-refractivity contribution in [2.45, 2.75) is 53.2 Å². The minimum absolute atomic E-state index is 0.0513. The number of benzene rings is 1. The summed E-state index contributed by atoms with van der Waals surface area (Å²) >= 11 is 0. The maximum Gasteiger partial charge on any atom is 0.319 e. The van der Waals surface area contributed by atoms with Gasteiger partial charge in [-0.2, -0.15) is 0 Å². The normalized spacial score (nSPS) is 20.1. The second-order valence-corrected chi connectivity index (χ2v) is 8.07. The maximum atomic E-state index is 12.3. The Hall–Kier alpha value is -1.95. The van der Waals surface area contributed by atoms with Crippen LogP contribution < -0.4 is 20.1 Å². The van der Waals surface area contributed by atoms with Gasteiger partial charge in [-0.1, -0.05) is 20.8 Å². The summed E-state index contributed by atoms with van der Waals surface area (Å²) in [6.07, 6.45) is 1.18. The van der Waals surface area contributed by atoms with Crippen molar-refractivity contribution in [3.63, 3.8) is 0 Å². The van der Waals surface area contributed by atoms with Crippen LogP contribution in [0.15, 0.2) is 18.2 Å². The highest BCUT2D eigenvalue weighted by molar-refractivity contribution is 5.89. The first-order valence-corrected chi connectivity index (χ1v) is 9.22. The van der Waals surface area contributed by atoms with Gasteiger partial charge in [0.15, 0.2) is 11.5 Å². The quantitative estimate of drug-likeness (QED) is 0.799. The summed E-state index contributed by atoms with van der Waals surface area (Å²) in [5.41, 5.74) is 0.726. The van der Waals surface area contributed by atoms with E-state index in [4.69, 9.17) is 14.2 Å². The van der Waals surface area contributed by atoms with Crippen molar-refractivity contribution in [2.75, 3.05) is 25.6 Å². The molecule has 1 heterocycles. The molecule has 0 aliphatic carbocycles. The van der Waals surface area contributed by atoms with Crippen molar-refractivity contribution in [3.05, 3.63) is 18.2 Å². The zero-order chi connectivity index (χ0) is 19.3. The van der Waals surface area contributed by atoms with Crippen molar-refractivity contribution < 1.29 is 19.0 Å². The Morgan fingerprint density at radius 3 is 2.65 bits per heavy atom. The van der Waals surface area contributed by atoms with E-state index in [9.17, 15) is 4.79 Å². The monoisotopic (exact) mass is 364 g/mol. The number of hydrogen-bond donors (Lipinski definition) is 2. The largest absolute Gasteiger partial charge is 0.493 e. The van der Waals surface area contributed by atoms with Gasteiger partial charge in [0, 0.05) is 30.8 Å². The number of ether oxygens (including phenoxy) is 3. The average molecular weight is 364 g/mol. The van der Waals surface area contributed by atoms with Gasteiger partial charge < -0.3 is 24.8 Å². The van der Waals surface area contributed by atoms with Crippen molar-refractivity contribution in [1.29, 1.82) is 0 Å². The van der Waals surface area contributed by atoms with Gasteiger partial charge in [0.05, 0.1) is 19.3 Å². The fourth-order valence-corrected chi connectivity index (χ4v) is 3.30. The number of methoxy groups -OCH3 is 1. The second kappa shape index (κ2) is 8.62. The summed E-state index contributed by atoms with van der Waals surface area (Å²) in [4.78, 5) is 12.3. The van der Waals surface area contributed by atoms with Crippen LogP contribution in [-0.4, -0.2) is 38.5 Å². The maximum absolute atomic E-state index is 12.3. The summed E-state index contributed by atoms with van der Waals surface area (Å²) in [5.74, 6) is 1.58. The average Bonchev–Trinajstić information content (AvgIpc) is 3.03. The molecule has 0 radical (unpaired) electrons. The lowest BCUT2D eigenvalue weighted by Crippen LogP contribution is -2.40. The zero-order valence-corrected chi connectivity index (χ0v) is 16.7. The molecule has 0 bridgehead atoms. The lowest BCUT2D eigenvalue weighted by molar-refractivity contribution is 0.00782. The smallest absolute Gasteiger partial charge is 0.319 e. The van der Waals surface area contributed by atoms with Crippen molar-refractivity contribution in [3.8, 4) is 11.5 Å². The molecule has 2 amide bonds. The molecule has 6 heteroatoms. The molecule has 26 heavy (non-hydrogen) atoms. The van der Waals surface area contributed by atoms with E-state index in [-0.39, 0.29) is 23.7 Å². The van der Waals surface area contributed by atoms with Crippen LogP contribution in [0.3, 0.4) is 0 Å². The van der Waals surface area contributed by atoms with Gasteiger partial charge >= 0.3 is 6.03 Å². The fraction of sp³-hybridized carbons (Fsp3) is 0.650. The molecule has 0 spiro atoms. The number of carbonyl (C=O) groups is 1. The minimum Gasteiger partial charge on any atom is -0.493 e. The number of urea groups is 1. The molecule has 1 aromatic carbocycles. The summed E-state index contributed by atoms with van der Waals surface area (Å²) < 4.78 is 16.9. The van der Waals surface area contributed by atoms with Gasteiger partial charge in [0.25, 0.3) is 0 Å². The lowest BCUT2D eigenvalue weighted by atomic mass is 9.81. The Bertz CT molecular complexity index is 610. The van der Waals surface area contributed by atoms with Gasteiger partial charge in [-0.05, 0) is 37.8 Å². The molecular formula is C20H32N2O4. The minimum atomic E-state index is -0.232. The van der Waals surface area contributed by atoms with Crippen LogP contribution in [0, 0.1) is 11.3 Å². The molecular weight excluding hydrogens is 332 g/mol. The standard InChI is InChI=1S/C20H32N2O4/c1-13(2)26-16-8-7-15(11-17(16)24-6)22-19(23)21-12-14-9-10-25-18(14)20(3,4)5/h7-8,11,13-14,18H,9-10,12H2,1-6H3,(H2,21,22,23)/t14-,18+/m1/s1. The summed E-state index contributed by atoms with van der Waals surface area (Å²) in [6.45, 7) is 11.8. The molecule has 1 saturated heterocycles. The van der Waals surface area contributed by atoms with Crippen molar-refractivity contribution in [1.82, 2.24) is 5.32 Å². The molecule has 146 valence electrons. The Kier molecular flexibility index (Phi) is 6.75. The first-order chi connectivity index (χ1) is 12.2. The number of nitrogens with one attached hydrogen (secondary N) is 2. The molecule has 6 nitrogen and oxygen atoms in total. The highest BCUT2D eigenvalue weighted by atomic mass is 16.5. The SMILES string of the molecule is COc1cc(NC(=O)NC[C@H]2CCO[C@@H]2C(C)(C)C)ccc1OC(C)C. The van der Waals surface area contributed by atoms with Crippen LogP contribution in [0.5, 0.6) is 11.5 Å². The van der Waals surface area contributed by atoms with Crippen LogP contribution in [0.25, 0.3) is 0 Å². The van der Waals surface area contributed by atoms with E-state index in [1.165, 1.54) is 0 Å². The molecule has 1 fully saturated rings. The zero-order valence-electron chi connectivity index (χ0n) is 16.7. The Morgan fingerprint density at radius 1 is 1.31 bits per heavy atom. The summed E-state index contributed by atoms with van der Waals surface area (Å²) in [5, 5.41) is 5.81. The van der Waals surface area contributed by atoms with Crippen LogP contribution in [0.4, 0.5) is 10.5 Å². The second-order valence-electron chi connectivity index (χ2n) is 8.07. The van der Waals surface area contributed by atoms with Crippen molar-refractivity contribution >= 4 is 11.7 Å². The van der Waals surface area contributed by atoms with E-state index in [0.717, 1.165) is 13.0 Å². The predicted octanol–water partition coefficient (Wildman–Crippen LogP) is 4.06. The van der Waals surface area contributed by atoms with E-state index in [1.54, 1.807) is 25.3 Å². The highest BCUT2D eigenvalue weighted by Crippen LogP contribution is 2.34. The van der Waals surface area contributed by atoms with Crippen LogP contribution >= 0.6 is 0 Å². The van der Waals surface area contributed by atoms with E-state index in [1.807, 2.05) is 13.8 Å². The van der Waals surface area contributed by atoms with Gasteiger partial charge in [-0.15, -0.1) is 0 Å². The number of amides is 2. The molecule has 1 aliphatic rings. The summed E-state index contributed by atoms with van der Waals surface area (Å²) in [6, 6.07) is 5.13. The van der Waals surface area contributed by atoms with Crippen molar-refractivity contribution in [2.24, 2.45) is 11.3 Å². The van der Waals surface area contributed by atoms with Gasteiger partial charge in [0.1, 0.15) is 0 Å². The third kappa shape index (κ3) is 5.53. The third-order valence-corrected chi connectivity index (χ3v) is 4.38. The van der Waals surface area contributed by atoms with Crippen LogP contribution in [0.1, 0.15) is 41.0 Å². The Morgan fingerprint density at radius 2 is 2.04 bits per heavy atom. The van der Waals surface area contributed by atoms with Gasteiger partial charge in [0.2, 0.25) is 0 Å².